The summed E-state index contributed by atoms with van der Waals surface area (Å²) in [7, 11) is 0. The molecule has 0 atom stereocenters. The van der Waals surface area contributed by atoms with Crippen molar-refractivity contribution in [1.82, 2.24) is 4.57 Å². The molecule has 12 aromatic rings. The molecular formula is C60H41N3S. The van der Waals surface area contributed by atoms with E-state index in [9.17, 15) is 0 Å². The molecule has 0 saturated heterocycles. The molecule has 0 radical (unpaired) electrons. The average molecular weight is 836 g/mol. The molecule has 4 heteroatoms. The summed E-state index contributed by atoms with van der Waals surface area (Å²) in [6, 6.07) is 90.3. The number of rotatable bonds is 9. The number of anilines is 6. The molecule has 2 heterocycles. The molecule has 10 aromatic carbocycles. The van der Waals surface area contributed by atoms with Gasteiger partial charge < -0.3 is 14.4 Å². The Morgan fingerprint density at radius 3 is 1.47 bits per heavy atom. The van der Waals surface area contributed by atoms with Crippen molar-refractivity contribution >= 4 is 87.4 Å². The van der Waals surface area contributed by atoms with Crippen molar-refractivity contribution in [2.45, 2.75) is 0 Å². The number of thiophene rings is 1. The Labute approximate surface area is 376 Å². The van der Waals surface area contributed by atoms with E-state index in [1.165, 1.54) is 53.1 Å². The maximum Gasteiger partial charge on any atom is 0.0547 e. The molecule has 2 aromatic heterocycles. The molecule has 0 amide bonds. The summed E-state index contributed by atoms with van der Waals surface area (Å²) >= 11 is 1.85. The van der Waals surface area contributed by atoms with Gasteiger partial charge in [-0.2, -0.15) is 0 Å². The zero-order valence-electron chi connectivity index (χ0n) is 34.9. The second-order valence-corrected chi connectivity index (χ2v) is 17.3. The van der Waals surface area contributed by atoms with Gasteiger partial charge in [0.2, 0.25) is 0 Å². The maximum absolute atomic E-state index is 2.42. The lowest BCUT2D eigenvalue weighted by atomic mass is 10.00. The van der Waals surface area contributed by atoms with E-state index in [0.29, 0.717) is 0 Å². The molecular weight excluding hydrogens is 795 g/mol. The molecule has 3 nitrogen and oxygen atoms in total. The molecule has 0 aliphatic heterocycles. The minimum absolute atomic E-state index is 1.05. The number of hydrogen-bond acceptors (Lipinski definition) is 3. The highest BCUT2D eigenvalue weighted by atomic mass is 32.1. The summed E-state index contributed by atoms with van der Waals surface area (Å²) in [6.07, 6.45) is 0. The van der Waals surface area contributed by atoms with E-state index >= 15 is 0 Å². The van der Waals surface area contributed by atoms with E-state index in [1.807, 2.05) is 11.3 Å². The van der Waals surface area contributed by atoms with Crippen molar-refractivity contribution in [2.75, 3.05) is 9.80 Å². The Hall–Kier alpha value is -8.18. The van der Waals surface area contributed by atoms with Crippen molar-refractivity contribution in [1.29, 1.82) is 0 Å². The van der Waals surface area contributed by atoms with E-state index < -0.39 is 0 Å². The molecule has 0 saturated carbocycles. The molecule has 0 fully saturated rings. The van der Waals surface area contributed by atoms with Crippen LogP contribution < -0.4 is 9.80 Å². The first-order valence-electron chi connectivity index (χ1n) is 21.7. The van der Waals surface area contributed by atoms with Crippen LogP contribution in [0.1, 0.15) is 0 Å². The van der Waals surface area contributed by atoms with Gasteiger partial charge >= 0.3 is 0 Å². The Bertz CT molecular complexity index is 3600. The number of fused-ring (bicyclic) bond motifs is 6. The molecule has 64 heavy (non-hydrogen) atoms. The predicted octanol–water partition coefficient (Wildman–Crippen LogP) is 17.4. The first-order valence-corrected chi connectivity index (χ1v) is 22.6. The van der Waals surface area contributed by atoms with Crippen LogP contribution in [0, 0.1) is 0 Å². The van der Waals surface area contributed by atoms with E-state index in [4.69, 9.17) is 0 Å². The van der Waals surface area contributed by atoms with Gasteiger partial charge in [0, 0.05) is 70.8 Å². The minimum atomic E-state index is 1.05. The summed E-state index contributed by atoms with van der Waals surface area (Å²) in [5.74, 6) is 0. The number of hydrogen-bond donors (Lipinski definition) is 0. The first-order chi connectivity index (χ1) is 31.7. The maximum atomic E-state index is 2.42. The summed E-state index contributed by atoms with van der Waals surface area (Å²) in [5.41, 5.74) is 14.6. The summed E-state index contributed by atoms with van der Waals surface area (Å²) in [6.45, 7) is 0. The summed E-state index contributed by atoms with van der Waals surface area (Å²) < 4.78 is 4.98. The van der Waals surface area contributed by atoms with Crippen LogP contribution in [0.3, 0.4) is 0 Å². The Kier molecular flexibility index (Phi) is 9.36. The molecule has 0 N–H and O–H groups in total. The third kappa shape index (κ3) is 6.69. The smallest absolute Gasteiger partial charge is 0.0547 e. The number of aromatic nitrogens is 1. The van der Waals surface area contributed by atoms with Crippen LogP contribution in [-0.4, -0.2) is 4.57 Å². The highest BCUT2D eigenvalue weighted by Gasteiger charge is 2.21. The van der Waals surface area contributed by atoms with Crippen LogP contribution in [0.4, 0.5) is 34.1 Å². The lowest BCUT2D eigenvalue weighted by Gasteiger charge is -2.30. The van der Waals surface area contributed by atoms with E-state index in [2.05, 4.69) is 263 Å². The lowest BCUT2D eigenvalue weighted by molar-refractivity contribution is 1.18. The van der Waals surface area contributed by atoms with Crippen molar-refractivity contribution < 1.29 is 0 Å². The Balaban J connectivity index is 1.11. The van der Waals surface area contributed by atoms with Crippen LogP contribution in [0.15, 0.2) is 249 Å². The van der Waals surface area contributed by atoms with E-state index in [1.54, 1.807) is 0 Å². The van der Waals surface area contributed by atoms with Gasteiger partial charge in [-0.1, -0.05) is 146 Å². The van der Waals surface area contributed by atoms with Crippen LogP contribution in [0.5, 0.6) is 0 Å². The third-order valence-electron chi connectivity index (χ3n) is 12.3. The normalized spacial score (nSPS) is 11.4. The molecule has 0 aliphatic carbocycles. The van der Waals surface area contributed by atoms with Crippen LogP contribution >= 0.6 is 11.3 Å². The number of para-hydroxylation sites is 4. The highest BCUT2D eigenvalue weighted by molar-refractivity contribution is 7.25. The largest absolute Gasteiger partial charge is 0.310 e. The average Bonchev–Trinajstić information content (AvgIpc) is 3.91. The fourth-order valence-corrected chi connectivity index (χ4v) is 10.4. The molecule has 0 bridgehead atoms. The van der Waals surface area contributed by atoms with Crippen molar-refractivity contribution in [3.63, 3.8) is 0 Å². The standard InChI is InChI=1S/C60H41N3S/c1-5-17-42(18-6-1)43-29-32-49(33-30-43)61(46-19-7-2-8-20-46)51-37-45(44-31-35-54-53-25-13-15-27-57(53)63(58(54)39-44)48-23-11-4-12-24-48)38-52(40-51)62(47-21-9-3-10-22-47)50-34-36-60-56(41-50)55-26-14-16-28-59(55)64-60/h1-41H. The molecule has 0 aliphatic rings. The molecule has 302 valence electrons. The topological polar surface area (TPSA) is 11.4 Å². The molecule has 0 spiro atoms. The van der Waals surface area contributed by atoms with E-state index in [0.717, 1.165) is 50.9 Å². The van der Waals surface area contributed by atoms with Gasteiger partial charge in [-0.3, -0.25) is 0 Å². The van der Waals surface area contributed by atoms with Gasteiger partial charge in [-0.25, -0.2) is 0 Å². The summed E-state index contributed by atoms with van der Waals surface area (Å²) in [5, 5.41) is 5.01. The fraction of sp³-hybridized carbons (Fsp3) is 0. The van der Waals surface area contributed by atoms with Crippen molar-refractivity contribution in [3.05, 3.63) is 249 Å². The SMILES string of the molecule is c1ccc(-c2ccc(N(c3ccccc3)c3cc(-c4ccc5c6ccccc6n(-c6ccccc6)c5c4)cc(N(c4ccccc4)c4ccc5sc6ccccc6c5c4)c3)cc2)cc1. The van der Waals surface area contributed by atoms with Gasteiger partial charge in [0.05, 0.1) is 11.0 Å². The lowest BCUT2D eigenvalue weighted by Crippen LogP contribution is -2.13. The van der Waals surface area contributed by atoms with Crippen molar-refractivity contribution in [2.24, 2.45) is 0 Å². The second-order valence-electron chi connectivity index (χ2n) is 16.2. The monoisotopic (exact) mass is 835 g/mol. The van der Waals surface area contributed by atoms with Gasteiger partial charge in [-0.15, -0.1) is 11.3 Å². The Morgan fingerprint density at radius 1 is 0.266 bits per heavy atom. The Morgan fingerprint density at radius 2 is 0.766 bits per heavy atom. The predicted molar refractivity (Wildman–Crippen MR) is 274 cm³/mol. The van der Waals surface area contributed by atoms with Gasteiger partial charge in [-0.05, 0) is 125 Å². The van der Waals surface area contributed by atoms with Gasteiger partial charge in [0.1, 0.15) is 0 Å². The fourth-order valence-electron chi connectivity index (χ4n) is 9.36. The number of benzene rings is 10. The quantitative estimate of drug-likeness (QED) is 0.143. The first kappa shape index (κ1) is 37.6. The molecule has 12 rings (SSSR count). The van der Waals surface area contributed by atoms with E-state index in [-0.39, 0.29) is 0 Å². The zero-order valence-corrected chi connectivity index (χ0v) is 35.7. The number of nitrogens with zero attached hydrogens (tertiary/aromatic N) is 3. The van der Waals surface area contributed by atoms with Gasteiger partial charge in [0.25, 0.3) is 0 Å². The second kappa shape index (κ2) is 15.9. The van der Waals surface area contributed by atoms with Crippen LogP contribution in [0.2, 0.25) is 0 Å². The van der Waals surface area contributed by atoms with Crippen LogP contribution in [0.25, 0.3) is 69.9 Å². The minimum Gasteiger partial charge on any atom is -0.310 e. The molecule has 0 unspecified atom stereocenters. The van der Waals surface area contributed by atoms with Crippen LogP contribution in [-0.2, 0) is 0 Å². The van der Waals surface area contributed by atoms with Gasteiger partial charge in [0.15, 0.2) is 0 Å². The van der Waals surface area contributed by atoms with Crippen molar-refractivity contribution in [3.8, 4) is 27.9 Å². The third-order valence-corrected chi connectivity index (χ3v) is 13.5. The highest BCUT2D eigenvalue weighted by Crippen LogP contribution is 2.46. The zero-order chi connectivity index (χ0) is 42.4. The summed E-state index contributed by atoms with van der Waals surface area (Å²) in [4.78, 5) is 4.81.